The highest BCUT2D eigenvalue weighted by molar-refractivity contribution is 5.36. The van der Waals surface area contributed by atoms with Crippen LogP contribution in [-0.4, -0.2) is 25.9 Å². The van der Waals surface area contributed by atoms with Crippen molar-refractivity contribution in [3.63, 3.8) is 0 Å². The van der Waals surface area contributed by atoms with Crippen LogP contribution in [0.5, 0.6) is 5.75 Å². The van der Waals surface area contributed by atoms with Gasteiger partial charge in [-0.2, -0.15) is 13.2 Å². The number of halogens is 3. The smallest absolute Gasteiger partial charge is 0.422 e. The molecule has 1 fully saturated rings. The number of hydrogen-bond donors (Lipinski definition) is 1. The van der Waals surface area contributed by atoms with Gasteiger partial charge in [-0.15, -0.1) is 0 Å². The van der Waals surface area contributed by atoms with E-state index < -0.39 is 12.8 Å². The Morgan fingerprint density at radius 3 is 2.74 bits per heavy atom. The first kappa shape index (κ1) is 14.2. The molecular weight excluding hydrogens is 255 g/mol. The maximum Gasteiger partial charge on any atom is 0.422 e. The van der Waals surface area contributed by atoms with E-state index in [4.69, 9.17) is 4.74 Å². The molecule has 5 heteroatoms. The zero-order chi connectivity index (χ0) is 13.9. The van der Waals surface area contributed by atoms with Gasteiger partial charge >= 0.3 is 6.18 Å². The average molecular weight is 273 g/mol. The molecule has 2 rings (SSSR count). The second kappa shape index (κ2) is 5.82. The van der Waals surface area contributed by atoms with Gasteiger partial charge in [-0.3, -0.25) is 0 Å². The van der Waals surface area contributed by atoms with Gasteiger partial charge in [0.05, 0.1) is 0 Å². The molecule has 1 aromatic rings. The van der Waals surface area contributed by atoms with Crippen molar-refractivity contribution in [1.29, 1.82) is 0 Å². The van der Waals surface area contributed by atoms with Crippen molar-refractivity contribution in [3.05, 3.63) is 29.3 Å². The topological polar surface area (TPSA) is 21.3 Å². The molecule has 1 aliphatic heterocycles. The van der Waals surface area contributed by atoms with E-state index in [9.17, 15) is 13.2 Å². The van der Waals surface area contributed by atoms with Gasteiger partial charge in [-0.25, -0.2) is 0 Å². The lowest BCUT2D eigenvalue weighted by Crippen LogP contribution is -2.28. The monoisotopic (exact) mass is 273 g/mol. The molecule has 1 atom stereocenters. The largest absolute Gasteiger partial charge is 0.484 e. The zero-order valence-electron chi connectivity index (χ0n) is 10.9. The van der Waals surface area contributed by atoms with Crippen LogP contribution < -0.4 is 10.1 Å². The second-order valence-electron chi connectivity index (χ2n) is 5.03. The second-order valence-corrected chi connectivity index (χ2v) is 5.03. The first-order chi connectivity index (χ1) is 8.94. The van der Waals surface area contributed by atoms with Crippen LogP contribution in [0.2, 0.25) is 0 Å². The highest BCUT2D eigenvalue weighted by atomic mass is 19.4. The minimum atomic E-state index is -4.30. The molecule has 1 aromatic carbocycles. The zero-order valence-corrected chi connectivity index (χ0v) is 10.9. The van der Waals surface area contributed by atoms with Crippen LogP contribution in [0.1, 0.15) is 29.9 Å². The van der Waals surface area contributed by atoms with E-state index in [1.54, 1.807) is 12.1 Å². The van der Waals surface area contributed by atoms with Crippen molar-refractivity contribution in [2.45, 2.75) is 31.9 Å². The molecule has 0 aromatic heterocycles. The summed E-state index contributed by atoms with van der Waals surface area (Å²) in [4.78, 5) is 0. The summed E-state index contributed by atoms with van der Waals surface area (Å²) in [7, 11) is 0. The minimum absolute atomic E-state index is 0.304. The fraction of sp³-hybridized carbons (Fsp3) is 0.571. The molecule has 0 aliphatic carbocycles. The van der Waals surface area contributed by atoms with Crippen LogP contribution in [-0.2, 0) is 0 Å². The fourth-order valence-electron chi connectivity index (χ4n) is 2.40. The van der Waals surface area contributed by atoms with Crippen molar-refractivity contribution in [1.82, 2.24) is 5.32 Å². The highest BCUT2D eigenvalue weighted by Crippen LogP contribution is 2.28. The predicted molar refractivity (Wildman–Crippen MR) is 67.6 cm³/mol. The van der Waals surface area contributed by atoms with Gasteiger partial charge in [0.25, 0.3) is 0 Å². The van der Waals surface area contributed by atoms with Gasteiger partial charge in [-0.05, 0) is 55.5 Å². The standard InChI is InChI=1S/C14H18F3NO/c1-10-5-12(11-3-2-4-18-8-11)7-13(6-10)19-9-14(15,16)17/h5-7,11,18H,2-4,8-9H2,1H3. The number of ether oxygens (including phenoxy) is 1. The maximum atomic E-state index is 12.2. The number of benzene rings is 1. The first-order valence-electron chi connectivity index (χ1n) is 6.46. The Morgan fingerprint density at radius 2 is 2.11 bits per heavy atom. The predicted octanol–water partition coefficient (Wildman–Crippen LogP) is 3.40. The maximum absolute atomic E-state index is 12.2. The van der Waals surface area contributed by atoms with Gasteiger partial charge in [0, 0.05) is 6.54 Å². The van der Waals surface area contributed by atoms with Gasteiger partial charge < -0.3 is 10.1 Å². The van der Waals surface area contributed by atoms with Crippen molar-refractivity contribution < 1.29 is 17.9 Å². The summed E-state index contributed by atoms with van der Waals surface area (Å²) >= 11 is 0. The quantitative estimate of drug-likeness (QED) is 0.911. The van der Waals surface area contributed by atoms with Crippen LogP contribution in [0.3, 0.4) is 0 Å². The molecule has 1 aliphatic rings. The normalized spacial score (nSPS) is 20.3. The van der Waals surface area contributed by atoms with Crippen LogP contribution in [0.25, 0.3) is 0 Å². The van der Waals surface area contributed by atoms with E-state index in [1.807, 2.05) is 13.0 Å². The fourth-order valence-corrected chi connectivity index (χ4v) is 2.40. The minimum Gasteiger partial charge on any atom is -0.484 e. The van der Waals surface area contributed by atoms with Crippen molar-refractivity contribution in [2.24, 2.45) is 0 Å². The number of alkyl halides is 3. The van der Waals surface area contributed by atoms with Crippen LogP contribution in [0.15, 0.2) is 18.2 Å². The van der Waals surface area contributed by atoms with Gasteiger partial charge in [0.15, 0.2) is 6.61 Å². The molecule has 19 heavy (non-hydrogen) atoms. The van der Waals surface area contributed by atoms with Gasteiger partial charge in [0.2, 0.25) is 0 Å². The average Bonchev–Trinajstić information content (AvgIpc) is 2.36. The van der Waals surface area contributed by atoms with E-state index in [-0.39, 0.29) is 0 Å². The molecule has 0 bridgehead atoms. The molecule has 0 spiro atoms. The Kier molecular flexibility index (Phi) is 4.34. The lowest BCUT2D eigenvalue weighted by molar-refractivity contribution is -0.153. The molecule has 1 N–H and O–H groups in total. The molecule has 2 nitrogen and oxygen atoms in total. The Hall–Kier alpha value is -1.23. The number of nitrogens with one attached hydrogen (secondary N) is 1. The Morgan fingerprint density at radius 1 is 1.32 bits per heavy atom. The Labute approximate surface area is 111 Å². The van der Waals surface area contributed by atoms with E-state index in [0.717, 1.165) is 37.1 Å². The van der Waals surface area contributed by atoms with Crippen molar-refractivity contribution >= 4 is 0 Å². The third-order valence-electron chi connectivity index (χ3n) is 3.24. The molecule has 106 valence electrons. The lowest BCUT2D eigenvalue weighted by atomic mass is 9.90. The molecular formula is C14H18F3NO. The molecule has 0 radical (unpaired) electrons. The summed E-state index contributed by atoms with van der Waals surface area (Å²) in [6.45, 7) is 2.53. The number of rotatable bonds is 3. The van der Waals surface area contributed by atoms with Gasteiger partial charge in [0.1, 0.15) is 5.75 Å². The van der Waals surface area contributed by atoms with Crippen molar-refractivity contribution in [3.8, 4) is 5.75 Å². The molecule has 1 unspecified atom stereocenters. The van der Waals surface area contributed by atoms with E-state index in [1.165, 1.54) is 0 Å². The van der Waals surface area contributed by atoms with Crippen molar-refractivity contribution in [2.75, 3.05) is 19.7 Å². The third-order valence-corrected chi connectivity index (χ3v) is 3.24. The summed E-state index contributed by atoms with van der Waals surface area (Å²) in [6.07, 6.45) is -2.14. The molecule has 0 amide bonds. The lowest BCUT2D eigenvalue weighted by Gasteiger charge is -2.24. The first-order valence-corrected chi connectivity index (χ1v) is 6.46. The molecule has 1 heterocycles. The van der Waals surface area contributed by atoms with Crippen LogP contribution in [0, 0.1) is 6.92 Å². The summed E-state index contributed by atoms with van der Waals surface area (Å²) in [5.41, 5.74) is 1.99. The highest BCUT2D eigenvalue weighted by Gasteiger charge is 2.28. The van der Waals surface area contributed by atoms with E-state index in [2.05, 4.69) is 5.32 Å². The Balaban J connectivity index is 2.10. The number of aryl methyl sites for hydroxylation is 1. The van der Waals surface area contributed by atoms with E-state index in [0.29, 0.717) is 11.7 Å². The van der Waals surface area contributed by atoms with Gasteiger partial charge in [-0.1, -0.05) is 6.07 Å². The number of hydrogen-bond acceptors (Lipinski definition) is 2. The van der Waals surface area contributed by atoms with Crippen LogP contribution >= 0.6 is 0 Å². The summed E-state index contributed by atoms with van der Waals surface area (Å²) in [5, 5.41) is 3.31. The summed E-state index contributed by atoms with van der Waals surface area (Å²) < 4.78 is 41.3. The van der Waals surface area contributed by atoms with Crippen LogP contribution in [0.4, 0.5) is 13.2 Å². The Bertz CT molecular complexity index is 425. The molecule has 0 saturated carbocycles. The molecule has 1 saturated heterocycles. The van der Waals surface area contributed by atoms with E-state index >= 15 is 0 Å². The third kappa shape index (κ3) is 4.42. The summed E-state index contributed by atoms with van der Waals surface area (Å²) in [5.74, 6) is 0.666. The number of piperidine rings is 1. The summed E-state index contributed by atoms with van der Waals surface area (Å²) in [6, 6.07) is 5.40. The SMILES string of the molecule is Cc1cc(OCC(F)(F)F)cc(C2CCCNC2)c1.